The molecule has 114 valence electrons. The molecule has 0 radical (unpaired) electrons. The Labute approximate surface area is 126 Å². The molecule has 0 bridgehead atoms. The van der Waals surface area contributed by atoms with Crippen molar-refractivity contribution in [2.24, 2.45) is 5.41 Å². The van der Waals surface area contributed by atoms with Crippen LogP contribution in [0.3, 0.4) is 0 Å². The third kappa shape index (κ3) is 3.48. The van der Waals surface area contributed by atoms with Gasteiger partial charge in [0.25, 0.3) is 11.6 Å². The van der Waals surface area contributed by atoms with Gasteiger partial charge in [0, 0.05) is 18.0 Å². The Bertz CT molecular complexity index is 558. The van der Waals surface area contributed by atoms with Crippen LogP contribution in [0.15, 0.2) is 12.3 Å². The summed E-state index contributed by atoms with van der Waals surface area (Å²) in [5, 5.41) is 22.8. The number of carbonyl (C=O) groups is 1. The number of halogens is 1. The largest absolute Gasteiger partial charge is 0.396 e. The molecule has 21 heavy (non-hydrogen) atoms. The van der Waals surface area contributed by atoms with E-state index in [1.54, 1.807) is 0 Å². The van der Waals surface area contributed by atoms with E-state index in [0.717, 1.165) is 37.9 Å². The molecule has 1 aliphatic carbocycles. The topological polar surface area (TPSA) is 105 Å². The zero-order chi connectivity index (χ0) is 15.5. The van der Waals surface area contributed by atoms with Gasteiger partial charge in [-0.15, -0.1) is 0 Å². The minimum Gasteiger partial charge on any atom is -0.396 e. The Morgan fingerprint density at radius 1 is 1.52 bits per heavy atom. The van der Waals surface area contributed by atoms with Crippen LogP contribution in [-0.4, -0.2) is 34.1 Å². The number of aromatic nitrogens is 1. The first-order chi connectivity index (χ1) is 9.97. The van der Waals surface area contributed by atoms with Crippen molar-refractivity contribution in [1.29, 1.82) is 0 Å². The summed E-state index contributed by atoms with van der Waals surface area (Å²) in [7, 11) is 0. The van der Waals surface area contributed by atoms with Gasteiger partial charge in [0.2, 0.25) is 0 Å². The molecule has 7 nitrogen and oxygen atoms in total. The molecule has 8 heteroatoms. The van der Waals surface area contributed by atoms with E-state index in [0.29, 0.717) is 6.54 Å². The van der Waals surface area contributed by atoms with Crippen molar-refractivity contribution in [2.75, 3.05) is 13.2 Å². The SMILES string of the molecule is O=C(NCC1(CO)CCCC1)c1cc([N+](=O)[O-])cnc1Cl. The maximum atomic E-state index is 12.1. The predicted octanol–water partition coefficient (Wildman–Crippen LogP) is 1.93. The Kier molecular flexibility index (Phi) is 4.74. The van der Waals surface area contributed by atoms with Gasteiger partial charge in [-0.05, 0) is 12.8 Å². The number of nitro groups is 1. The number of pyridine rings is 1. The van der Waals surface area contributed by atoms with E-state index in [2.05, 4.69) is 10.3 Å². The normalized spacial score (nSPS) is 16.7. The second-order valence-corrected chi connectivity index (χ2v) is 5.69. The van der Waals surface area contributed by atoms with Gasteiger partial charge in [0.1, 0.15) is 11.3 Å². The van der Waals surface area contributed by atoms with E-state index in [4.69, 9.17) is 11.6 Å². The molecular formula is C13H16ClN3O4. The molecule has 1 amide bonds. The van der Waals surface area contributed by atoms with Crippen molar-refractivity contribution in [1.82, 2.24) is 10.3 Å². The van der Waals surface area contributed by atoms with Crippen molar-refractivity contribution in [3.8, 4) is 0 Å². The first kappa shape index (κ1) is 15.7. The molecule has 0 aliphatic heterocycles. The first-order valence-electron chi connectivity index (χ1n) is 6.66. The van der Waals surface area contributed by atoms with Crippen LogP contribution in [0.2, 0.25) is 5.15 Å². The van der Waals surface area contributed by atoms with Gasteiger partial charge in [-0.2, -0.15) is 0 Å². The summed E-state index contributed by atoms with van der Waals surface area (Å²) in [6, 6.07) is 1.10. The lowest BCUT2D eigenvalue weighted by Crippen LogP contribution is -2.38. The van der Waals surface area contributed by atoms with Gasteiger partial charge >= 0.3 is 0 Å². The fraction of sp³-hybridized carbons (Fsp3) is 0.538. The second kappa shape index (κ2) is 6.36. The lowest BCUT2D eigenvalue weighted by Gasteiger charge is -2.26. The Morgan fingerprint density at radius 3 is 2.76 bits per heavy atom. The molecule has 0 spiro atoms. The van der Waals surface area contributed by atoms with Gasteiger partial charge in [-0.25, -0.2) is 4.98 Å². The number of nitrogens with zero attached hydrogens (tertiary/aromatic N) is 2. The summed E-state index contributed by atoms with van der Waals surface area (Å²) in [6.07, 6.45) is 4.76. The zero-order valence-corrected chi connectivity index (χ0v) is 12.1. The lowest BCUT2D eigenvalue weighted by molar-refractivity contribution is -0.385. The molecule has 0 saturated heterocycles. The molecule has 1 aliphatic rings. The monoisotopic (exact) mass is 313 g/mol. The lowest BCUT2D eigenvalue weighted by atomic mass is 9.87. The number of carbonyl (C=O) groups excluding carboxylic acids is 1. The molecule has 1 heterocycles. The summed E-state index contributed by atoms with van der Waals surface area (Å²) in [5.41, 5.74) is -0.616. The average molecular weight is 314 g/mol. The molecule has 2 N–H and O–H groups in total. The van der Waals surface area contributed by atoms with E-state index in [9.17, 15) is 20.0 Å². The molecule has 1 saturated carbocycles. The van der Waals surface area contributed by atoms with Crippen molar-refractivity contribution in [3.05, 3.63) is 33.1 Å². The molecule has 1 aromatic rings. The molecule has 2 rings (SSSR count). The first-order valence-corrected chi connectivity index (χ1v) is 7.04. The van der Waals surface area contributed by atoms with Crippen molar-refractivity contribution in [3.63, 3.8) is 0 Å². The smallest absolute Gasteiger partial charge is 0.288 e. The fourth-order valence-corrected chi connectivity index (χ4v) is 2.76. The number of rotatable bonds is 5. The highest BCUT2D eigenvalue weighted by Crippen LogP contribution is 2.37. The van der Waals surface area contributed by atoms with Gasteiger partial charge in [-0.3, -0.25) is 14.9 Å². The summed E-state index contributed by atoms with van der Waals surface area (Å²) in [6.45, 7) is 0.329. The summed E-state index contributed by atoms with van der Waals surface area (Å²) in [5.74, 6) is -0.518. The van der Waals surface area contributed by atoms with Gasteiger partial charge in [0.05, 0.1) is 17.1 Å². The summed E-state index contributed by atoms with van der Waals surface area (Å²) in [4.78, 5) is 25.8. The maximum absolute atomic E-state index is 12.1. The highest BCUT2D eigenvalue weighted by atomic mass is 35.5. The zero-order valence-electron chi connectivity index (χ0n) is 11.3. The van der Waals surface area contributed by atoms with Crippen LogP contribution < -0.4 is 5.32 Å². The number of aliphatic hydroxyl groups excluding tert-OH is 1. The Hall–Kier alpha value is -1.73. The van der Waals surface area contributed by atoms with Crippen LogP contribution in [0.25, 0.3) is 0 Å². The number of aliphatic hydroxyl groups is 1. The fourth-order valence-electron chi connectivity index (χ4n) is 2.57. The van der Waals surface area contributed by atoms with E-state index in [1.165, 1.54) is 0 Å². The summed E-state index contributed by atoms with van der Waals surface area (Å²) < 4.78 is 0. The van der Waals surface area contributed by atoms with E-state index >= 15 is 0 Å². The van der Waals surface area contributed by atoms with Crippen LogP contribution in [0.1, 0.15) is 36.0 Å². The van der Waals surface area contributed by atoms with E-state index in [1.807, 2.05) is 0 Å². The average Bonchev–Trinajstić information content (AvgIpc) is 2.94. The number of hydrogen-bond donors (Lipinski definition) is 2. The van der Waals surface area contributed by atoms with Crippen LogP contribution >= 0.6 is 11.6 Å². The van der Waals surface area contributed by atoms with Crippen LogP contribution in [0.4, 0.5) is 5.69 Å². The van der Waals surface area contributed by atoms with Gasteiger partial charge in [-0.1, -0.05) is 24.4 Å². The van der Waals surface area contributed by atoms with E-state index in [-0.39, 0.29) is 28.4 Å². The number of nitrogens with one attached hydrogen (secondary N) is 1. The van der Waals surface area contributed by atoms with Crippen molar-refractivity contribution < 1.29 is 14.8 Å². The number of amides is 1. The van der Waals surface area contributed by atoms with Gasteiger partial charge < -0.3 is 10.4 Å². The Morgan fingerprint density at radius 2 is 2.19 bits per heavy atom. The van der Waals surface area contributed by atoms with Crippen molar-refractivity contribution >= 4 is 23.2 Å². The minimum absolute atomic E-state index is 0.00813. The standard InChI is InChI=1S/C13H16ClN3O4/c14-11-10(5-9(6-15-11)17(20)21)12(19)16-7-13(8-18)3-1-2-4-13/h5-6,18H,1-4,7-8H2,(H,16,19). The third-order valence-corrected chi connectivity index (χ3v) is 4.20. The predicted molar refractivity (Wildman–Crippen MR) is 76.2 cm³/mol. The number of hydrogen-bond acceptors (Lipinski definition) is 5. The van der Waals surface area contributed by atoms with E-state index < -0.39 is 10.8 Å². The van der Waals surface area contributed by atoms with Crippen LogP contribution in [0, 0.1) is 15.5 Å². The minimum atomic E-state index is -0.633. The molecular weight excluding hydrogens is 298 g/mol. The van der Waals surface area contributed by atoms with Crippen LogP contribution in [0.5, 0.6) is 0 Å². The molecule has 1 aromatic heterocycles. The Balaban J connectivity index is 2.09. The van der Waals surface area contributed by atoms with Gasteiger partial charge in [0.15, 0.2) is 0 Å². The second-order valence-electron chi connectivity index (χ2n) is 5.34. The summed E-state index contributed by atoms with van der Waals surface area (Å²) >= 11 is 5.82. The quantitative estimate of drug-likeness (QED) is 0.491. The maximum Gasteiger partial charge on any atom is 0.288 e. The molecule has 0 aromatic carbocycles. The third-order valence-electron chi connectivity index (χ3n) is 3.90. The molecule has 1 fully saturated rings. The highest BCUT2D eigenvalue weighted by Gasteiger charge is 2.33. The molecule has 0 unspecified atom stereocenters. The molecule has 0 atom stereocenters. The van der Waals surface area contributed by atoms with Crippen molar-refractivity contribution in [2.45, 2.75) is 25.7 Å². The highest BCUT2D eigenvalue weighted by molar-refractivity contribution is 6.32. The van der Waals surface area contributed by atoms with Crippen LogP contribution in [-0.2, 0) is 0 Å².